The molecule has 0 bridgehead atoms. The van der Waals surface area contributed by atoms with Crippen LogP contribution in [-0.4, -0.2) is 12.8 Å². The summed E-state index contributed by atoms with van der Waals surface area (Å²) in [5.74, 6) is 0. The van der Waals surface area contributed by atoms with Crippen molar-refractivity contribution in [1.82, 2.24) is 0 Å². The van der Waals surface area contributed by atoms with Crippen LogP contribution in [0.4, 0.5) is 0 Å². The van der Waals surface area contributed by atoms with Gasteiger partial charge in [0.1, 0.15) is 0 Å². The van der Waals surface area contributed by atoms with E-state index in [2.05, 4.69) is 44.0 Å². The summed E-state index contributed by atoms with van der Waals surface area (Å²) in [7, 11) is 1.86. The third kappa shape index (κ3) is 1.80. The molecule has 0 N–H and O–H groups in total. The van der Waals surface area contributed by atoms with E-state index in [0.29, 0.717) is 0 Å². The first-order valence-corrected chi connectivity index (χ1v) is 4.76. The van der Waals surface area contributed by atoms with E-state index in [1.165, 1.54) is 16.7 Å². The molecule has 0 aromatic carbocycles. The van der Waals surface area contributed by atoms with Gasteiger partial charge in [-0.3, -0.25) is 4.99 Å². The molecule has 0 radical (unpaired) electrons. The van der Waals surface area contributed by atoms with Crippen molar-refractivity contribution in [2.45, 2.75) is 27.2 Å². The van der Waals surface area contributed by atoms with Crippen molar-refractivity contribution in [3.63, 3.8) is 0 Å². The van der Waals surface area contributed by atoms with E-state index >= 15 is 0 Å². The highest BCUT2D eigenvalue weighted by molar-refractivity contribution is 6.15. The summed E-state index contributed by atoms with van der Waals surface area (Å²) in [5.41, 5.74) is 5.08. The van der Waals surface area contributed by atoms with Crippen LogP contribution in [0.1, 0.15) is 27.2 Å². The van der Waals surface area contributed by atoms with Gasteiger partial charge in [0.15, 0.2) is 0 Å². The fourth-order valence-corrected chi connectivity index (χ4v) is 1.69. The van der Waals surface area contributed by atoms with Crippen LogP contribution in [0.5, 0.6) is 0 Å². The van der Waals surface area contributed by atoms with Gasteiger partial charge >= 0.3 is 0 Å². The Morgan fingerprint density at radius 2 is 2.08 bits per heavy atom. The Morgan fingerprint density at radius 1 is 1.38 bits per heavy atom. The van der Waals surface area contributed by atoms with E-state index in [1.54, 1.807) is 0 Å². The number of aliphatic imine (C=N–C) groups is 1. The van der Waals surface area contributed by atoms with Crippen LogP contribution >= 0.6 is 0 Å². The average Bonchev–Trinajstić information content (AvgIpc) is 2.17. The maximum Gasteiger partial charge on any atom is 0.0671 e. The standard InChI is InChI=1S/C12H17N/c1-5-10-8-7-9(3)12(13-4)11(10)6-2/h6-8H,5H2,1-4H3/b11-6-,13-12?. The highest BCUT2D eigenvalue weighted by Gasteiger charge is 2.14. The highest BCUT2D eigenvalue weighted by Crippen LogP contribution is 2.24. The van der Waals surface area contributed by atoms with E-state index in [1.807, 2.05) is 7.05 Å². The Balaban J connectivity index is 3.19. The Kier molecular flexibility index (Phi) is 3.24. The molecule has 1 aliphatic carbocycles. The number of hydrogen-bond donors (Lipinski definition) is 0. The fraction of sp³-hybridized carbons (Fsp3) is 0.417. The molecular formula is C12H17N. The van der Waals surface area contributed by atoms with Crippen LogP contribution < -0.4 is 0 Å². The lowest BCUT2D eigenvalue weighted by molar-refractivity contribution is 1.12. The van der Waals surface area contributed by atoms with Crippen molar-refractivity contribution in [1.29, 1.82) is 0 Å². The number of rotatable bonds is 1. The van der Waals surface area contributed by atoms with Gasteiger partial charge in [-0.2, -0.15) is 0 Å². The Bertz CT molecular complexity index is 314. The van der Waals surface area contributed by atoms with Gasteiger partial charge < -0.3 is 0 Å². The molecule has 0 unspecified atom stereocenters. The lowest BCUT2D eigenvalue weighted by Crippen LogP contribution is -2.10. The summed E-state index contributed by atoms with van der Waals surface area (Å²) < 4.78 is 0. The second-order valence-corrected chi connectivity index (χ2v) is 3.17. The van der Waals surface area contributed by atoms with Crippen molar-refractivity contribution in [3.05, 3.63) is 34.9 Å². The van der Waals surface area contributed by atoms with E-state index in [4.69, 9.17) is 0 Å². The zero-order valence-corrected chi connectivity index (χ0v) is 8.89. The number of allylic oxidation sites excluding steroid dienone is 6. The topological polar surface area (TPSA) is 12.4 Å². The SMILES string of the molecule is C/C=C1/C(CC)=CC=C(C)C1=NC. The summed E-state index contributed by atoms with van der Waals surface area (Å²) in [6.07, 6.45) is 7.56. The van der Waals surface area contributed by atoms with Gasteiger partial charge in [-0.15, -0.1) is 0 Å². The molecule has 1 aliphatic rings. The Morgan fingerprint density at radius 3 is 2.54 bits per heavy atom. The Labute approximate surface area is 80.6 Å². The second-order valence-electron chi connectivity index (χ2n) is 3.17. The molecule has 1 rings (SSSR count). The van der Waals surface area contributed by atoms with Crippen LogP contribution in [0.15, 0.2) is 39.9 Å². The number of nitrogens with zero attached hydrogens (tertiary/aromatic N) is 1. The average molecular weight is 175 g/mol. The van der Waals surface area contributed by atoms with Gasteiger partial charge in [0.25, 0.3) is 0 Å². The fourth-order valence-electron chi connectivity index (χ4n) is 1.69. The van der Waals surface area contributed by atoms with Crippen LogP contribution in [0, 0.1) is 0 Å². The van der Waals surface area contributed by atoms with Gasteiger partial charge in [0.05, 0.1) is 5.71 Å². The molecule has 13 heavy (non-hydrogen) atoms. The summed E-state index contributed by atoms with van der Waals surface area (Å²) in [6, 6.07) is 0. The van der Waals surface area contributed by atoms with Gasteiger partial charge in [-0.25, -0.2) is 0 Å². The van der Waals surface area contributed by atoms with Crippen molar-refractivity contribution in [2.24, 2.45) is 4.99 Å². The molecule has 0 heterocycles. The van der Waals surface area contributed by atoms with E-state index in [0.717, 1.165) is 12.1 Å². The summed E-state index contributed by atoms with van der Waals surface area (Å²) in [4.78, 5) is 4.32. The van der Waals surface area contributed by atoms with Crippen molar-refractivity contribution >= 4 is 5.71 Å². The molecule has 0 saturated carbocycles. The molecule has 0 aliphatic heterocycles. The molecule has 70 valence electrons. The quantitative estimate of drug-likeness (QED) is 0.580. The lowest BCUT2D eigenvalue weighted by Gasteiger charge is -2.17. The summed E-state index contributed by atoms with van der Waals surface area (Å²) in [5, 5.41) is 0. The summed E-state index contributed by atoms with van der Waals surface area (Å²) in [6.45, 7) is 6.36. The third-order valence-electron chi connectivity index (χ3n) is 2.40. The van der Waals surface area contributed by atoms with Crippen molar-refractivity contribution in [2.75, 3.05) is 7.05 Å². The predicted molar refractivity (Wildman–Crippen MR) is 59.2 cm³/mol. The minimum absolute atomic E-state index is 1.07. The molecule has 0 aromatic heterocycles. The third-order valence-corrected chi connectivity index (χ3v) is 2.40. The van der Waals surface area contributed by atoms with E-state index in [9.17, 15) is 0 Å². The molecule has 0 fully saturated rings. The first-order valence-electron chi connectivity index (χ1n) is 4.76. The first kappa shape index (κ1) is 9.97. The van der Waals surface area contributed by atoms with Crippen LogP contribution in [-0.2, 0) is 0 Å². The molecular weight excluding hydrogens is 158 g/mol. The first-order chi connectivity index (χ1) is 6.24. The lowest BCUT2D eigenvalue weighted by atomic mass is 9.90. The molecule has 0 aromatic rings. The maximum absolute atomic E-state index is 4.32. The zero-order valence-electron chi connectivity index (χ0n) is 8.89. The smallest absolute Gasteiger partial charge is 0.0671 e. The van der Waals surface area contributed by atoms with Gasteiger partial charge in [-0.1, -0.05) is 25.2 Å². The van der Waals surface area contributed by atoms with Gasteiger partial charge in [-0.05, 0) is 37.0 Å². The minimum Gasteiger partial charge on any atom is -0.288 e. The van der Waals surface area contributed by atoms with Crippen molar-refractivity contribution < 1.29 is 0 Å². The maximum atomic E-state index is 4.32. The predicted octanol–water partition coefficient (Wildman–Crippen LogP) is 3.30. The van der Waals surface area contributed by atoms with Gasteiger partial charge in [0.2, 0.25) is 0 Å². The van der Waals surface area contributed by atoms with Crippen molar-refractivity contribution in [3.8, 4) is 0 Å². The Hall–Kier alpha value is -1.11. The molecule has 1 heteroatoms. The van der Waals surface area contributed by atoms with Crippen LogP contribution in [0.25, 0.3) is 0 Å². The van der Waals surface area contributed by atoms with Crippen LogP contribution in [0.3, 0.4) is 0 Å². The molecule has 1 nitrogen and oxygen atoms in total. The summed E-state index contributed by atoms with van der Waals surface area (Å²) >= 11 is 0. The molecule has 0 spiro atoms. The monoisotopic (exact) mass is 175 g/mol. The zero-order chi connectivity index (χ0) is 9.84. The normalized spacial score (nSPS) is 23.4. The molecule has 0 amide bonds. The van der Waals surface area contributed by atoms with E-state index < -0.39 is 0 Å². The number of hydrogen-bond acceptors (Lipinski definition) is 1. The second kappa shape index (κ2) is 4.22. The minimum atomic E-state index is 1.07. The molecule has 0 saturated heterocycles. The van der Waals surface area contributed by atoms with E-state index in [-0.39, 0.29) is 0 Å². The van der Waals surface area contributed by atoms with Crippen LogP contribution in [0.2, 0.25) is 0 Å². The largest absolute Gasteiger partial charge is 0.288 e. The molecule has 0 atom stereocenters. The highest BCUT2D eigenvalue weighted by atomic mass is 14.7. The van der Waals surface area contributed by atoms with Gasteiger partial charge in [0, 0.05) is 7.05 Å².